The molecule has 0 aliphatic carbocycles. The van der Waals surface area contributed by atoms with Gasteiger partial charge in [0.1, 0.15) is 0 Å². The zero-order valence-electron chi connectivity index (χ0n) is 13.4. The Balaban J connectivity index is 3.08. The van der Waals surface area contributed by atoms with Crippen LogP contribution in [0.25, 0.3) is 0 Å². The molecule has 22 heavy (non-hydrogen) atoms. The molecule has 0 aliphatic rings. The van der Waals surface area contributed by atoms with Gasteiger partial charge >= 0.3 is 0 Å². The van der Waals surface area contributed by atoms with Crippen molar-refractivity contribution < 1.29 is 17.8 Å². The third-order valence-electron chi connectivity index (χ3n) is 2.89. The summed E-state index contributed by atoms with van der Waals surface area (Å²) in [5.74, 6) is -0.337. The molecule has 0 fully saturated rings. The van der Waals surface area contributed by atoms with Crippen molar-refractivity contribution in [2.75, 3.05) is 5.32 Å². The van der Waals surface area contributed by atoms with E-state index in [0.717, 1.165) is 0 Å². The van der Waals surface area contributed by atoms with Gasteiger partial charge in [0, 0.05) is 24.2 Å². The number of halogens is 2. The fourth-order valence-corrected chi connectivity index (χ4v) is 2.54. The summed E-state index contributed by atoms with van der Waals surface area (Å²) in [6, 6.07) is 3.80. The summed E-state index contributed by atoms with van der Waals surface area (Å²) in [7, 11) is -1.33. The molecule has 1 aromatic carbocycles. The van der Waals surface area contributed by atoms with Crippen LogP contribution >= 0.6 is 0 Å². The molecule has 0 aliphatic heterocycles. The van der Waals surface area contributed by atoms with Gasteiger partial charge in [0.05, 0.1) is 15.7 Å². The predicted molar refractivity (Wildman–Crippen MR) is 85.1 cm³/mol. The van der Waals surface area contributed by atoms with Gasteiger partial charge in [-0.15, -0.1) is 0 Å². The number of hydrogen-bond acceptors (Lipinski definition) is 2. The van der Waals surface area contributed by atoms with Gasteiger partial charge in [-0.1, -0.05) is 0 Å². The number of hydrogen-bond donors (Lipinski definition) is 2. The molecular formula is C15H22F2N2O2S. The topological polar surface area (TPSA) is 58.2 Å². The van der Waals surface area contributed by atoms with Gasteiger partial charge in [0.25, 0.3) is 6.43 Å². The Morgan fingerprint density at radius 2 is 1.73 bits per heavy atom. The summed E-state index contributed by atoms with van der Waals surface area (Å²) < 4.78 is 40.5. The lowest BCUT2D eigenvalue weighted by Crippen LogP contribution is -2.34. The average Bonchev–Trinajstić information content (AvgIpc) is 2.36. The van der Waals surface area contributed by atoms with Crippen LogP contribution in [-0.4, -0.2) is 14.9 Å². The van der Waals surface area contributed by atoms with E-state index in [1.807, 2.05) is 20.8 Å². The molecule has 2 N–H and O–H groups in total. The SMILES string of the molecule is CC(=O)Nc1cc(C(F)F)cc(C(C)N[S@](=O)C(C)(C)C)c1. The molecule has 1 rings (SSSR count). The van der Waals surface area contributed by atoms with E-state index in [1.165, 1.54) is 19.1 Å². The van der Waals surface area contributed by atoms with Crippen LogP contribution in [0.1, 0.15) is 58.2 Å². The highest BCUT2D eigenvalue weighted by Crippen LogP contribution is 2.27. The summed E-state index contributed by atoms with van der Waals surface area (Å²) in [5.41, 5.74) is 0.658. The highest BCUT2D eigenvalue weighted by molar-refractivity contribution is 7.84. The number of benzene rings is 1. The largest absolute Gasteiger partial charge is 0.326 e. The zero-order chi connectivity index (χ0) is 17.1. The third-order valence-corrected chi connectivity index (χ3v) is 4.57. The highest BCUT2D eigenvalue weighted by Gasteiger charge is 2.22. The Morgan fingerprint density at radius 1 is 1.18 bits per heavy atom. The van der Waals surface area contributed by atoms with Crippen molar-refractivity contribution in [1.82, 2.24) is 4.72 Å². The maximum absolute atomic E-state index is 13.0. The lowest BCUT2D eigenvalue weighted by Gasteiger charge is -2.23. The van der Waals surface area contributed by atoms with Gasteiger partial charge in [-0.05, 0) is 51.5 Å². The minimum atomic E-state index is -2.65. The van der Waals surface area contributed by atoms with E-state index in [0.29, 0.717) is 11.3 Å². The van der Waals surface area contributed by atoms with Crippen molar-refractivity contribution in [3.8, 4) is 0 Å². The average molecular weight is 332 g/mol. The first kappa shape index (κ1) is 18.7. The van der Waals surface area contributed by atoms with Crippen LogP contribution < -0.4 is 10.0 Å². The Hall–Kier alpha value is -1.34. The smallest absolute Gasteiger partial charge is 0.263 e. The van der Waals surface area contributed by atoms with Crippen LogP contribution in [0.2, 0.25) is 0 Å². The molecule has 0 bridgehead atoms. The predicted octanol–water partition coefficient (Wildman–Crippen LogP) is 3.70. The molecule has 1 aromatic rings. The molecule has 0 aromatic heterocycles. The molecule has 0 saturated carbocycles. The summed E-state index contributed by atoms with van der Waals surface area (Å²) in [5, 5.41) is 2.50. The molecule has 7 heteroatoms. The van der Waals surface area contributed by atoms with E-state index in [9.17, 15) is 17.8 Å². The van der Waals surface area contributed by atoms with E-state index in [1.54, 1.807) is 13.0 Å². The maximum Gasteiger partial charge on any atom is 0.263 e. The lowest BCUT2D eigenvalue weighted by molar-refractivity contribution is -0.114. The van der Waals surface area contributed by atoms with E-state index < -0.39 is 28.2 Å². The summed E-state index contributed by atoms with van der Waals surface area (Å²) in [6.45, 7) is 8.51. The first-order valence-corrected chi connectivity index (χ1v) is 8.04. The molecule has 0 heterocycles. The van der Waals surface area contributed by atoms with Gasteiger partial charge in [-0.3, -0.25) is 4.79 Å². The maximum atomic E-state index is 13.0. The normalized spacial score (nSPS) is 14.7. The number of alkyl halides is 2. The molecule has 1 unspecified atom stereocenters. The molecule has 124 valence electrons. The van der Waals surface area contributed by atoms with E-state index >= 15 is 0 Å². The van der Waals surface area contributed by atoms with Crippen molar-refractivity contribution >= 4 is 22.6 Å². The summed E-state index contributed by atoms with van der Waals surface area (Å²) in [6.07, 6.45) is -2.65. The summed E-state index contributed by atoms with van der Waals surface area (Å²) in [4.78, 5) is 11.1. The molecule has 2 atom stereocenters. The first-order valence-electron chi connectivity index (χ1n) is 6.89. The van der Waals surface area contributed by atoms with Gasteiger partial charge < -0.3 is 5.32 Å². The lowest BCUT2D eigenvalue weighted by atomic mass is 10.0. The van der Waals surface area contributed by atoms with Gasteiger partial charge in [-0.2, -0.15) is 0 Å². The number of carbonyl (C=O) groups is 1. The third kappa shape index (κ3) is 5.46. The van der Waals surface area contributed by atoms with E-state index in [-0.39, 0.29) is 11.5 Å². The molecule has 0 saturated heterocycles. The van der Waals surface area contributed by atoms with Crippen LogP contribution in [0.4, 0.5) is 14.5 Å². The molecule has 4 nitrogen and oxygen atoms in total. The Bertz CT molecular complexity index is 571. The zero-order valence-corrected chi connectivity index (χ0v) is 14.2. The summed E-state index contributed by atoms with van der Waals surface area (Å²) >= 11 is 0. The quantitative estimate of drug-likeness (QED) is 0.864. The fourth-order valence-electron chi connectivity index (χ4n) is 1.73. The highest BCUT2D eigenvalue weighted by atomic mass is 32.2. The second-order valence-electron chi connectivity index (χ2n) is 6.09. The monoisotopic (exact) mass is 332 g/mol. The van der Waals surface area contributed by atoms with Crippen LogP contribution in [-0.2, 0) is 15.8 Å². The first-order chi connectivity index (χ1) is 10.0. The Labute approximate surface area is 132 Å². The minimum Gasteiger partial charge on any atom is -0.326 e. The molecule has 0 radical (unpaired) electrons. The number of amides is 1. The van der Waals surface area contributed by atoms with Crippen LogP contribution in [0.3, 0.4) is 0 Å². The van der Waals surface area contributed by atoms with Crippen LogP contribution in [0.15, 0.2) is 18.2 Å². The molecule has 0 spiro atoms. The standard InChI is InChI=1S/C15H22F2N2O2S/c1-9(19-22(21)15(3,4)5)11-6-12(14(16)17)8-13(7-11)18-10(2)20/h6-9,14,19H,1-5H3,(H,18,20)/t9?,22-/m1/s1. The van der Waals surface area contributed by atoms with Crippen molar-refractivity contribution in [3.63, 3.8) is 0 Å². The minimum absolute atomic E-state index is 0.184. The molecule has 1 amide bonds. The van der Waals surface area contributed by atoms with Gasteiger partial charge in [0.2, 0.25) is 5.91 Å². The fraction of sp³-hybridized carbons (Fsp3) is 0.533. The second-order valence-corrected chi connectivity index (χ2v) is 8.09. The van der Waals surface area contributed by atoms with Gasteiger partial charge in [0.15, 0.2) is 0 Å². The second kappa shape index (κ2) is 7.28. The van der Waals surface area contributed by atoms with Crippen molar-refractivity contribution in [2.24, 2.45) is 0 Å². The number of rotatable bonds is 5. The number of nitrogens with one attached hydrogen (secondary N) is 2. The van der Waals surface area contributed by atoms with Crippen LogP contribution in [0, 0.1) is 0 Å². The Kier molecular flexibility index (Phi) is 6.19. The Morgan fingerprint density at radius 3 is 2.18 bits per heavy atom. The van der Waals surface area contributed by atoms with E-state index in [2.05, 4.69) is 10.0 Å². The van der Waals surface area contributed by atoms with E-state index in [4.69, 9.17) is 0 Å². The van der Waals surface area contributed by atoms with Crippen molar-refractivity contribution in [2.45, 2.75) is 51.8 Å². The van der Waals surface area contributed by atoms with Gasteiger partial charge in [-0.25, -0.2) is 17.7 Å². The van der Waals surface area contributed by atoms with Crippen molar-refractivity contribution in [3.05, 3.63) is 29.3 Å². The number of anilines is 1. The van der Waals surface area contributed by atoms with Crippen LogP contribution in [0.5, 0.6) is 0 Å². The number of carbonyl (C=O) groups excluding carboxylic acids is 1. The van der Waals surface area contributed by atoms with Crippen molar-refractivity contribution in [1.29, 1.82) is 0 Å². The molecular weight excluding hydrogens is 310 g/mol.